The van der Waals surface area contributed by atoms with Crippen LogP contribution in [0.2, 0.25) is 0 Å². The molecule has 1 aromatic rings. The van der Waals surface area contributed by atoms with Crippen molar-refractivity contribution >= 4 is 27.3 Å². The molecule has 0 unspecified atom stereocenters. The van der Waals surface area contributed by atoms with E-state index in [4.69, 9.17) is 5.73 Å². The average Bonchev–Trinajstić information content (AvgIpc) is 2.31. The zero-order valence-corrected chi connectivity index (χ0v) is 6.28. The smallest absolute Gasteiger partial charge is 0.358 e. The van der Waals surface area contributed by atoms with E-state index in [1.807, 2.05) is 0 Å². The van der Waals surface area contributed by atoms with Crippen molar-refractivity contribution in [3.8, 4) is 0 Å². The largest absolute Gasteiger partial charge is 0.457 e. The van der Waals surface area contributed by atoms with Crippen molar-refractivity contribution < 1.29 is 9.85 Å². The van der Waals surface area contributed by atoms with Gasteiger partial charge in [0.25, 0.3) is 0 Å². The van der Waals surface area contributed by atoms with Crippen LogP contribution >= 0.6 is 11.3 Å². The third kappa shape index (κ3) is 1.29. The quantitative estimate of drug-likeness (QED) is 0.535. The first kappa shape index (κ1) is 8.33. The van der Waals surface area contributed by atoms with Crippen LogP contribution < -0.4 is 5.73 Å². The highest BCUT2D eigenvalue weighted by Gasteiger charge is 2.31. The molecule has 1 heterocycles. The van der Waals surface area contributed by atoms with Gasteiger partial charge < -0.3 is 15.8 Å². The summed E-state index contributed by atoms with van der Waals surface area (Å²) < 4.78 is 0. The first-order valence-corrected chi connectivity index (χ1v) is 3.39. The van der Waals surface area contributed by atoms with Gasteiger partial charge in [-0.15, -0.1) is 0 Å². The summed E-state index contributed by atoms with van der Waals surface area (Å²) in [7, 11) is 0. The minimum atomic E-state index is -0.939. The fraction of sp³-hybridized carbons (Fsp3) is 0. The third-order valence-electron chi connectivity index (χ3n) is 0.947. The van der Waals surface area contributed by atoms with Gasteiger partial charge in [0.05, 0.1) is 4.92 Å². The van der Waals surface area contributed by atoms with Crippen LogP contribution in [0, 0.1) is 20.2 Å². The number of nitrogens with two attached hydrogens (primary N) is 1. The average molecular weight is 190 g/mol. The molecule has 0 amide bonds. The first-order valence-electron chi connectivity index (χ1n) is 2.57. The topological polar surface area (TPSA) is 125 Å². The van der Waals surface area contributed by atoms with Gasteiger partial charge in [0.15, 0.2) is 0 Å². The van der Waals surface area contributed by atoms with E-state index < -0.39 is 20.7 Å². The highest BCUT2D eigenvalue weighted by molar-refractivity contribution is 7.19. The fourth-order valence-corrected chi connectivity index (χ4v) is 1.17. The van der Waals surface area contributed by atoms with Crippen LogP contribution in [0.3, 0.4) is 0 Å². The molecule has 0 spiro atoms. The van der Waals surface area contributed by atoms with Crippen LogP contribution in [0.5, 0.6) is 0 Å². The van der Waals surface area contributed by atoms with Crippen molar-refractivity contribution in [3.05, 3.63) is 20.2 Å². The minimum absolute atomic E-state index is 0.187. The van der Waals surface area contributed by atoms with Crippen LogP contribution in [0.15, 0.2) is 0 Å². The Morgan fingerprint density at radius 3 is 2.25 bits per heavy atom. The van der Waals surface area contributed by atoms with Crippen molar-refractivity contribution in [1.82, 2.24) is 4.98 Å². The Hall–Kier alpha value is -1.77. The van der Waals surface area contributed by atoms with Crippen LogP contribution in [0.1, 0.15) is 0 Å². The molecule has 64 valence electrons. The predicted molar refractivity (Wildman–Crippen MR) is 39.8 cm³/mol. The second-order valence-electron chi connectivity index (χ2n) is 1.70. The van der Waals surface area contributed by atoms with Crippen LogP contribution in [-0.4, -0.2) is 14.8 Å². The molecule has 1 aromatic heterocycles. The lowest BCUT2D eigenvalue weighted by Gasteiger charge is -1.85. The third-order valence-corrected chi connectivity index (χ3v) is 1.77. The second-order valence-corrected chi connectivity index (χ2v) is 2.70. The van der Waals surface area contributed by atoms with Crippen molar-refractivity contribution in [2.24, 2.45) is 0 Å². The Morgan fingerprint density at radius 1 is 1.33 bits per heavy atom. The lowest BCUT2D eigenvalue weighted by molar-refractivity contribution is -0.422. The molecule has 0 aliphatic rings. The van der Waals surface area contributed by atoms with Gasteiger partial charge in [-0.1, -0.05) is 0 Å². The van der Waals surface area contributed by atoms with Gasteiger partial charge in [0.2, 0.25) is 0 Å². The molecule has 9 heteroatoms. The van der Waals surface area contributed by atoms with E-state index in [0.717, 1.165) is 0 Å². The highest BCUT2D eigenvalue weighted by atomic mass is 32.1. The van der Waals surface area contributed by atoms with E-state index in [-0.39, 0.29) is 5.13 Å². The van der Waals surface area contributed by atoms with Gasteiger partial charge >= 0.3 is 16.0 Å². The summed E-state index contributed by atoms with van der Waals surface area (Å²) in [6.07, 6.45) is 0. The Bertz CT molecular complexity index is 315. The van der Waals surface area contributed by atoms with Gasteiger partial charge in [-0.05, 0) is 4.92 Å². The zero-order valence-electron chi connectivity index (χ0n) is 5.46. The minimum Gasteiger partial charge on any atom is -0.358 e. The number of aromatic nitrogens is 1. The molecule has 0 atom stereocenters. The Kier molecular flexibility index (Phi) is 1.87. The van der Waals surface area contributed by atoms with Crippen LogP contribution in [0.25, 0.3) is 0 Å². The number of nitrogen functional groups attached to an aromatic ring is 1. The molecule has 0 bridgehead atoms. The van der Waals surface area contributed by atoms with Gasteiger partial charge in [-0.3, -0.25) is 10.1 Å². The van der Waals surface area contributed by atoms with Crippen molar-refractivity contribution in [3.63, 3.8) is 0 Å². The summed E-state index contributed by atoms with van der Waals surface area (Å²) in [4.78, 5) is 21.6. The maximum Gasteiger partial charge on any atom is 0.457 e. The maximum absolute atomic E-state index is 10.2. The lowest BCUT2D eigenvalue weighted by Crippen LogP contribution is -1.93. The van der Waals surface area contributed by atoms with Crippen molar-refractivity contribution in [2.45, 2.75) is 0 Å². The molecule has 0 aliphatic carbocycles. The lowest BCUT2D eigenvalue weighted by atomic mass is 10.7. The molecule has 2 N–H and O–H groups in total. The summed E-state index contributed by atoms with van der Waals surface area (Å²) in [5.74, 6) is -0.803. The standard InChI is InChI=1S/C3H2N4O4S/c4-3-5-1(6(8)9)2(12-3)7(10)11/h(H2,4,5). The number of thiazole rings is 1. The molecule has 0 aliphatic heterocycles. The number of hydrogen-bond acceptors (Lipinski definition) is 7. The second kappa shape index (κ2) is 2.70. The molecule has 0 saturated heterocycles. The monoisotopic (exact) mass is 190 g/mol. The van der Waals surface area contributed by atoms with E-state index in [2.05, 4.69) is 4.98 Å². The molecular weight excluding hydrogens is 188 g/mol. The Balaban J connectivity index is 3.26. The Labute approximate surface area is 68.9 Å². The Morgan fingerprint density at radius 2 is 1.92 bits per heavy atom. The van der Waals surface area contributed by atoms with Gasteiger partial charge in [0, 0.05) is 16.3 Å². The summed E-state index contributed by atoms with van der Waals surface area (Å²) in [5, 5.41) is 19.5. The summed E-state index contributed by atoms with van der Waals surface area (Å²) in [6.45, 7) is 0. The van der Waals surface area contributed by atoms with Crippen LogP contribution in [0.4, 0.5) is 16.0 Å². The zero-order chi connectivity index (χ0) is 9.30. The number of hydrogen-bond donors (Lipinski definition) is 1. The SMILES string of the molecule is Nc1nc([N+](=O)[O-])c([N+](=O)[O-])s1. The molecule has 12 heavy (non-hydrogen) atoms. The first-order chi connectivity index (χ1) is 5.52. The van der Waals surface area contributed by atoms with E-state index >= 15 is 0 Å². The number of nitrogens with zero attached hydrogens (tertiary/aromatic N) is 3. The fourth-order valence-electron chi connectivity index (χ4n) is 0.558. The maximum atomic E-state index is 10.2. The van der Waals surface area contributed by atoms with E-state index in [1.165, 1.54) is 0 Å². The molecular formula is C3H2N4O4S. The molecule has 0 saturated carbocycles. The van der Waals surface area contributed by atoms with Crippen molar-refractivity contribution in [1.29, 1.82) is 0 Å². The number of anilines is 1. The normalized spacial score (nSPS) is 9.67. The van der Waals surface area contributed by atoms with Crippen LogP contribution in [-0.2, 0) is 0 Å². The molecule has 0 radical (unpaired) electrons. The van der Waals surface area contributed by atoms with E-state index in [0.29, 0.717) is 11.3 Å². The van der Waals surface area contributed by atoms with E-state index in [1.54, 1.807) is 0 Å². The number of nitro groups is 2. The number of rotatable bonds is 2. The van der Waals surface area contributed by atoms with Gasteiger partial charge in [0.1, 0.15) is 0 Å². The van der Waals surface area contributed by atoms with E-state index in [9.17, 15) is 20.2 Å². The molecule has 0 aromatic carbocycles. The molecule has 1 rings (SSSR count). The summed E-state index contributed by atoms with van der Waals surface area (Å²) in [5.41, 5.74) is 5.05. The van der Waals surface area contributed by atoms with Gasteiger partial charge in [-0.2, -0.15) is 0 Å². The summed E-state index contributed by atoms with van der Waals surface area (Å²) >= 11 is 0.477. The van der Waals surface area contributed by atoms with Crippen molar-refractivity contribution in [2.75, 3.05) is 5.73 Å². The summed E-state index contributed by atoms with van der Waals surface area (Å²) in [6, 6.07) is 0. The predicted octanol–water partition coefficient (Wildman–Crippen LogP) is 0.542. The molecule has 8 nitrogen and oxygen atoms in total. The van der Waals surface area contributed by atoms with Gasteiger partial charge in [-0.25, -0.2) is 0 Å². The molecule has 0 fully saturated rings. The highest BCUT2D eigenvalue weighted by Crippen LogP contribution is 2.33.